The van der Waals surface area contributed by atoms with Crippen molar-refractivity contribution in [1.29, 1.82) is 0 Å². The van der Waals surface area contributed by atoms with Crippen LogP contribution in [0, 0.1) is 0 Å². The third-order valence-electron chi connectivity index (χ3n) is 4.83. The molecule has 0 amide bonds. The Hall–Kier alpha value is -1.28. The third-order valence-corrected chi connectivity index (χ3v) is 4.83. The van der Waals surface area contributed by atoms with Crippen LogP contribution in [0.5, 0.6) is 0 Å². The second-order valence-electron chi connectivity index (χ2n) is 6.01. The average molecular weight is 529 g/mol. The molecule has 0 aromatic heterocycles. The molecule has 0 N–H and O–H groups in total. The molecule has 0 saturated heterocycles. The van der Waals surface area contributed by atoms with Crippen LogP contribution in [0.3, 0.4) is 0 Å². The topological polar surface area (TPSA) is 0 Å². The van der Waals surface area contributed by atoms with Crippen molar-refractivity contribution < 1.29 is 50.7 Å². The summed E-state index contributed by atoms with van der Waals surface area (Å²) in [4.78, 5) is 0. The Kier molecular flexibility index (Phi) is 6.37. The molecule has 0 radical (unpaired) electrons. The quantitative estimate of drug-likeness (QED) is 0.239. The monoisotopic (exact) mass is 529 g/mol. The Balaban J connectivity index is 0.000000751. The van der Waals surface area contributed by atoms with E-state index in [1.165, 1.54) is 38.2 Å². The van der Waals surface area contributed by atoms with Gasteiger partial charge in [0.05, 0.1) is 0 Å². The number of rotatable bonds is 1. The normalized spacial score (nSPS) is 14.5. The van der Waals surface area contributed by atoms with Gasteiger partial charge in [-0.3, -0.25) is 0 Å². The summed E-state index contributed by atoms with van der Waals surface area (Å²) in [6.07, 6.45) is 4.58. The van der Waals surface area contributed by atoms with Crippen LogP contribution in [0.4, 0.5) is 0 Å². The second kappa shape index (κ2) is 7.95. The summed E-state index contributed by atoms with van der Waals surface area (Å²) in [5, 5.41) is 5.44. The van der Waals surface area contributed by atoms with Crippen LogP contribution in [0.2, 0.25) is 0 Å². The zero-order valence-corrected chi connectivity index (χ0v) is 18.5. The van der Waals surface area contributed by atoms with Crippen LogP contribution >= 0.6 is 0 Å². The van der Waals surface area contributed by atoms with E-state index < -0.39 is 0 Å². The first-order valence-electron chi connectivity index (χ1n) is 7.76. The molecule has 0 bridgehead atoms. The molecule has 1 aliphatic carbocycles. The molecular weight excluding hydrogens is 514 g/mol. The molecule has 5 rings (SSSR count). The van der Waals surface area contributed by atoms with Gasteiger partial charge in [-0.15, -0.1) is 33.7 Å². The summed E-state index contributed by atoms with van der Waals surface area (Å²) in [5.74, 6) is 0.372. The molecule has 0 aliphatic heterocycles. The number of benzene rings is 3. The molecule has 0 fully saturated rings. The molecular formula is C22H15Cl2Hf-3. The first-order chi connectivity index (χ1) is 10.9. The number of halogens is 2. The Morgan fingerprint density at radius 3 is 2.24 bits per heavy atom. The number of allylic oxidation sites excluding steroid dienone is 1. The summed E-state index contributed by atoms with van der Waals surface area (Å²) >= 11 is 0. The fourth-order valence-electron chi connectivity index (χ4n) is 3.79. The predicted molar refractivity (Wildman–Crippen MR) is 94.4 cm³/mol. The van der Waals surface area contributed by atoms with Gasteiger partial charge in [-0.25, -0.2) is 0 Å². The molecule has 4 aromatic carbocycles. The second-order valence-corrected chi connectivity index (χ2v) is 6.01. The minimum atomic E-state index is 0. The molecule has 1 atom stereocenters. The van der Waals surface area contributed by atoms with Gasteiger partial charge in [-0.05, 0) is 11.1 Å². The molecule has 3 heteroatoms. The maximum absolute atomic E-state index is 2.34. The van der Waals surface area contributed by atoms with E-state index in [2.05, 4.69) is 84.9 Å². The van der Waals surface area contributed by atoms with Gasteiger partial charge in [0.2, 0.25) is 0 Å². The number of fused-ring (bicyclic) bond motifs is 4. The molecule has 25 heavy (non-hydrogen) atoms. The van der Waals surface area contributed by atoms with Gasteiger partial charge < -0.3 is 24.8 Å². The van der Waals surface area contributed by atoms with E-state index >= 15 is 0 Å². The standard InChI is InChI=1S/C22H15.2ClH.Hf/c1-3-8-17-15(6-1)12-13-21(17)20-11-5-10-19-18-9-4-2-7-16(18)14-22(19)20;;;/h1-14,21H;2*1H;/q-1;;;/p-2. The van der Waals surface area contributed by atoms with E-state index in [1.54, 1.807) is 0 Å². The Bertz CT molecular complexity index is 1050. The summed E-state index contributed by atoms with van der Waals surface area (Å²) in [7, 11) is 0. The van der Waals surface area contributed by atoms with Crippen LogP contribution in [0.25, 0.3) is 27.6 Å². The van der Waals surface area contributed by atoms with E-state index in [0.717, 1.165) is 0 Å². The van der Waals surface area contributed by atoms with Crippen LogP contribution in [-0.4, -0.2) is 0 Å². The van der Waals surface area contributed by atoms with Crippen LogP contribution in [-0.2, 0) is 25.8 Å². The van der Waals surface area contributed by atoms with Crippen LogP contribution in [0.1, 0.15) is 22.6 Å². The van der Waals surface area contributed by atoms with E-state index in [4.69, 9.17) is 0 Å². The summed E-state index contributed by atoms with van der Waals surface area (Å²) < 4.78 is 0. The van der Waals surface area contributed by atoms with Crippen molar-refractivity contribution in [2.24, 2.45) is 0 Å². The Labute approximate surface area is 178 Å². The van der Waals surface area contributed by atoms with Gasteiger partial charge in [0.1, 0.15) is 0 Å². The Morgan fingerprint density at radius 1 is 0.680 bits per heavy atom. The van der Waals surface area contributed by atoms with Gasteiger partial charge >= 0.3 is 0 Å². The average Bonchev–Trinajstić information content (AvgIpc) is 3.16. The maximum Gasteiger partial charge on any atom is 0.00121 e. The molecule has 0 heterocycles. The molecule has 0 nitrogen and oxygen atoms in total. The number of hydrogen-bond acceptors (Lipinski definition) is 0. The van der Waals surface area contributed by atoms with E-state index in [9.17, 15) is 0 Å². The fourth-order valence-corrected chi connectivity index (χ4v) is 3.79. The largest absolute Gasteiger partial charge is 1.00 e. The van der Waals surface area contributed by atoms with E-state index in [-0.39, 0.29) is 50.7 Å². The molecule has 0 spiro atoms. The van der Waals surface area contributed by atoms with Gasteiger partial charge in [-0.2, -0.15) is 0 Å². The first-order valence-corrected chi connectivity index (χ1v) is 7.76. The van der Waals surface area contributed by atoms with Gasteiger partial charge in [-0.1, -0.05) is 78.4 Å². The molecule has 4 aromatic rings. The molecule has 0 saturated carbocycles. The summed E-state index contributed by atoms with van der Waals surface area (Å²) in [5.41, 5.74) is 4.18. The minimum Gasteiger partial charge on any atom is -1.00 e. The van der Waals surface area contributed by atoms with Crippen molar-refractivity contribution in [1.82, 2.24) is 0 Å². The predicted octanol–water partition coefficient (Wildman–Crippen LogP) is -0.124. The van der Waals surface area contributed by atoms with E-state index in [1.807, 2.05) is 0 Å². The SMILES string of the molecule is C1=CC(c2cccc3c2[cH-]c2ccccc23)c2ccccc21.[Cl-].[Cl-].[Hf]. The molecule has 1 unspecified atom stereocenters. The van der Waals surface area contributed by atoms with Gasteiger partial charge in [0.15, 0.2) is 0 Å². The van der Waals surface area contributed by atoms with E-state index in [0.29, 0.717) is 5.92 Å². The van der Waals surface area contributed by atoms with Crippen molar-refractivity contribution in [2.45, 2.75) is 5.92 Å². The van der Waals surface area contributed by atoms with Crippen molar-refractivity contribution >= 4 is 27.6 Å². The Morgan fingerprint density at radius 2 is 1.36 bits per heavy atom. The van der Waals surface area contributed by atoms with Crippen molar-refractivity contribution in [3.8, 4) is 0 Å². The third kappa shape index (κ3) is 3.14. The maximum atomic E-state index is 2.34. The molecule has 124 valence electrons. The van der Waals surface area contributed by atoms with Crippen molar-refractivity contribution in [3.63, 3.8) is 0 Å². The first kappa shape index (κ1) is 20.0. The van der Waals surface area contributed by atoms with Crippen LogP contribution < -0.4 is 24.8 Å². The smallest absolute Gasteiger partial charge is 0.00121 e. The van der Waals surface area contributed by atoms with Crippen molar-refractivity contribution in [3.05, 3.63) is 95.6 Å². The fraction of sp³-hybridized carbons (Fsp3) is 0.0455. The summed E-state index contributed by atoms with van der Waals surface area (Å²) in [6, 6.07) is 26.4. The minimum absolute atomic E-state index is 0. The van der Waals surface area contributed by atoms with Gasteiger partial charge in [0.25, 0.3) is 0 Å². The van der Waals surface area contributed by atoms with Gasteiger partial charge in [0, 0.05) is 31.8 Å². The summed E-state index contributed by atoms with van der Waals surface area (Å²) in [6.45, 7) is 0. The molecule has 1 aliphatic rings. The zero-order valence-electron chi connectivity index (χ0n) is 13.4. The van der Waals surface area contributed by atoms with Crippen LogP contribution in [0.15, 0.2) is 78.9 Å². The van der Waals surface area contributed by atoms with Crippen molar-refractivity contribution in [2.75, 3.05) is 0 Å². The zero-order chi connectivity index (χ0) is 14.5. The number of hydrogen-bond donors (Lipinski definition) is 0.